The Bertz CT molecular complexity index is 497. The molecule has 0 saturated carbocycles. The lowest BCUT2D eigenvalue weighted by Gasteiger charge is -2.09. The molecule has 0 bridgehead atoms. The van der Waals surface area contributed by atoms with E-state index in [1.54, 1.807) is 0 Å². The maximum absolute atomic E-state index is 11.9. The molecule has 1 amide bonds. The smallest absolute Gasteiger partial charge is 0.256 e. The van der Waals surface area contributed by atoms with Crippen LogP contribution in [0.1, 0.15) is 40.8 Å². The lowest BCUT2D eigenvalue weighted by atomic mass is 10.2. The number of hydrogen-bond donors (Lipinski definition) is 3. The van der Waals surface area contributed by atoms with Crippen molar-refractivity contribution >= 4 is 33.7 Å². The summed E-state index contributed by atoms with van der Waals surface area (Å²) in [5.74, 6) is -0.456. The Kier molecular flexibility index (Phi) is 5.97. The number of nitrogen functional groups attached to an aromatic ring is 1. The van der Waals surface area contributed by atoms with E-state index in [4.69, 9.17) is 10.5 Å². The summed E-state index contributed by atoms with van der Waals surface area (Å²) in [6, 6.07) is 0. The van der Waals surface area contributed by atoms with Crippen LogP contribution in [0, 0.1) is 0 Å². The van der Waals surface area contributed by atoms with Crippen LogP contribution in [0.2, 0.25) is 0 Å². The molecule has 0 aromatic carbocycles. The third kappa shape index (κ3) is 3.94. The second-order valence-corrected chi connectivity index (χ2v) is 5.55. The van der Waals surface area contributed by atoms with Gasteiger partial charge in [0.15, 0.2) is 5.78 Å². The molecule has 0 radical (unpaired) electrons. The van der Waals surface area contributed by atoms with Crippen molar-refractivity contribution in [2.75, 3.05) is 31.2 Å². The molecule has 0 aliphatic heterocycles. The Hall–Kier alpha value is -1.60. The van der Waals surface area contributed by atoms with E-state index in [1.807, 2.05) is 13.8 Å². The number of hydrogen-bond acceptors (Lipinski definition) is 6. The van der Waals surface area contributed by atoms with Crippen LogP contribution in [0.3, 0.4) is 0 Å². The molecule has 0 aliphatic rings. The van der Waals surface area contributed by atoms with Crippen LogP contribution in [-0.4, -0.2) is 38.0 Å². The number of ether oxygens (including phenoxy) is 1. The first-order valence-corrected chi connectivity index (χ1v) is 7.20. The first-order valence-electron chi connectivity index (χ1n) is 6.39. The molecular weight excluding hydrogens is 278 g/mol. The Balaban J connectivity index is 2.90. The minimum absolute atomic E-state index is 0.149. The summed E-state index contributed by atoms with van der Waals surface area (Å²) in [4.78, 5) is 23.8. The molecule has 0 spiro atoms. The highest BCUT2D eigenvalue weighted by Crippen LogP contribution is 2.35. The van der Waals surface area contributed by atoms with Gasteiger partial charge in [0, 0.05) is 20.5 Å². The average molecular weight is 299 g/mol. The van der Waals surface area contributed by atoms with Crippen molar-refractivity contribution in [1.29, 1.82) is 0 Å². The summed E-state index contributed by atoms with van der Waals surface area (Å²) >= 11 is 1.19. The number of Topliss-reactive ketones (excluding diaryl/α,β-unsaturated/α-hetero) is 1. The zero-order chi connectivity index (χ0) is 15.3. The molecule has 112 valence electrons. The van der Waals surface area contributed by atoms with Crippen LogP contribution < -0.4 is 16.4 Å². The number of ketones is 1. The van der Waals surface area contributed by atoms with Gasteiger partial charge in [0.1, 0.15) is 5.00 Å². The van der Waals surface area contributed by atoms with Crippen LogP contribution in [0.4, 0.5) is 10.7 Å². The Labute approximate surface area is 122 Å². The second kappa shape index (κ2) is 7.25. The van der Waals surface area contributed by atoms with Crippen LogP contribution in [0.15, 0.2) is 0 Å². The summed E-state index contributed by atoms with van der Waals surface area (Å²) in [5.41, 5.74) is 6.45. The Morgan fingerprint density at radius 1 is 1.40 bits per heavy atom. The van der Waals surface area contributed by atoms with Gasteiger partial charge in [0.2, 0.25) is 0 Å². The molecule has 0 unspecified atom stereocenters. The summed E-state index contributed by atoms with van der Waals surface area (Å²) in [5, 5.41) is 6.23. The number of carbonyl (C=O) groups excluding carboxylic acids is 2. The predicted molar refractivity (Wildman–Crippen MR) is 81.7 cm³/mol. The highest BCUT2D eigenvalue weighted by molar-refractivity contribution is 7.19. The zero-order valence-corrected chi connectivity index (χ0v) is 13.0. The Morgan fingerprint density at radius 3 is 2.55 bits per heavy atom. The standard InChI is InChI=1S/C13H21N3O3S/c1-7(2)19-6-5-16-13-9(12(18)15-4)10(14)11(20-13)8(3)17/h7,16H,5-6,14H2,1-4H3,(H,15,18). The van der Waals surface area contributed by atoms with Gasteiger partial charge in [0.05, 0.1) is 28.8 Å². The molecule has 0 atom stereocenters. The van der Waals surface area contributed by atoms with E-state index < -0.39 is 0 Å². The first-order chi connectivity index (χ1) is 9.38. The third-order valence-electron chi connectivity index (χ3n) is 2.56. The van der Waals surface area contributed by atoms with Gasteiger partial charge in [-0.2, -0.15) is 0 Å². The summed E-state index contributed by atoms with van der Waals surface area (Å²) in [6.45, 7) is 6.39. The van der Waals surface area contributed by atoms with Gasteiger partial charge < -0.3 is 21.1 Å². The van der Waals surface area contributed by atoms with E-state index in [9.17, 15) is 9.59 Å². The van der Waals surface area contributed by atoms with E-state index >= 15 is 0 Å². The average Bonchev–Trinajstić information content (AvgIpc) is 2.71. The molecule has 1 aromatic rings. The molecule has 1 heterocycles. The van der Waals surface area contributed by atoms with Gasteiger partial charge in [-0.15, -0.1) is 11.3 Å². The lowest BCUT2D eigenvalue weighted by molar-refractivity contribution is 0.0869. The fourth-order valence-electron chi connectivity index (χ4n) is 1.64. The zero-order valence-electron chi connectivity index (χ0n) is 12.2. The summed E-state index contributed by atoms with van der Waals surface area (Å²) in [6.07, 6.45) is 0.149. The summed E-state index contributed by atoms with van der Waals surface area (Å²) in [7, 11) is 1.53. The van der Waals surface area contributed by atoms with Crippen LogP contribution in [0.25, 0.3) is 0 Å². The highest BCUT2D eigenvalue weighted by Gasteiger charge is 2.23. The SMILES string of the molecule is CNC(=O)c1c(NCCOC(C)C)sc(C(C)=O)c1N. The maximum Gasteiger partial charge on any atom is 0.256 e. The van der Waals surface area contributed by atoms with Crippen LogP contribution in [0.5, 0.6) is 0 Å². The Morgan fingerprint density at radius 2 is 2.05 bits per heavy atom. The van der Waals surface area contributed by atoms with Gasteiger partial charge in [0.25, 0.3) is 5.91 Å². The number of nitrogens with one attached hydrogen (secondary N) is 2. The minimum atomic E-state index is -0.307. The van der Waals surface area contributed by atoms with Crippen molar-refractivity contribution in [3.05, 3.63) is 10.4 Å². The van der Waals surface area contributed by atoms with Crippen molar-refractivity contribution in [3.8, 4) is 0 Å². The number of nitrogens with two attached hydrogens (primary N) is 1. The minimum Gasteiger partial charge on any atom is -0.397 e. The number of rotatable bonds is 7. The largest absolute Gasteiger partial charge is 0.397 e. The fraction of sp³-hybridized carbons (Fsp3) is 0.538. The molecule has 0 saturated heterocycles. The molecular formula is C13H21N3O3S. The van der Waals surface area contributed by atoms with Crippen molar-refractivity contribution in [1.82, 2.24) is 5.32 Å². The normalized spacial score (nSPS) is 10.7. The lowest BCUT2D eigenvalue weighted by Crippen LogP contribution is -2.21. The van der Waals surface area contributed by atoms with Crippen molar-refractivity contribution in [3.63, 3.8) is 0 Å². The van der Waals surface area contributed by atoms with Gasteiger partial charge >= 0.3 is 0 Å². The van der Waals surface area contributed by atoms with Gasteiger partial charge in [-0.05, 0) is 13.8 Å². The van der Waals surface area contributed by atoms with E-state index in [2.05, 4.69) is 10.6 Å². The molecule has 20 heavy (non-hydrogen) atoms. The summed E-state index contributed by atoms with van der Waals surface area (Å²) < 4.78 is 5.42. The monoisotopic (exact) mass is 299 g/mol. The van der Waals surface area contributed by atoms with Crippen molar-refractivity contribution in [2.45, 2.75) is 26.9 Å². The predicted octanol–water partition coefficient (Wildman–Crippen LogP) is 1.73. The molecule has 1 rings (SSSR count). The van der Waals surface area contributed by atoms with Gasteiger partial charge in [-0.1, -0.05) is 0 Å². The third-order valence-corrected chi connectivity index (χ3v) is 3.82. The van der Waals surface area contributed by atoms with Crippen LogP contribution >= 0.6 is 11.3 Å². The molecule has 0 fully saturated rings. The topological polar surface area (TPSA) is 93.5 Å². The van der Waals surface area contributed by atoms with E-state index in [0.717, 1.165) is 0 Å². The number of amides is 1. The van der Waals surface area contributed by atoms with E-state index in [0.29, 0.717) is 28.6 Å². The van der Waals surface area contributed by atoms with Gasteiger partial charge in [-0.3, -0.25) is 9.59 Å². The number of carbonyl (C=O) groups is 2. The molecule has 1 aromatic heterocycles. The van der Waals surface area contributed by atoms with E-state index in [-0.39, 0.29) is 23.5 Å². The first kappa shape index (κ1) is 16.5. The van der Waals surface area contributed by atoms with Gasteiger partial charge in [-0.25, -0.2) is 0 Å². The molecule has 0 aliphatic carbocycles. The molecule has 6 nitrogen and oxygen atoms in total. The van der Waals surface area contributed by atoms with Crippen molar-refractivity contribution in [2.24, 2.45) is 0 Å². The highest BCUT2D eigenvalue weighted by atomic mass is 32.1. The van der Waals surface area contributed by atoms with Crippen LogP contribution in [-0.2, 0) is 4.74 Å². The molecule has 4 N–H and O–H groups in total. The number of thiophene rings is 1. The second-order valence-electron chi connectivity index (χ2n) is 4.53. The quantitative estimate of drug-likeness (QED) is 0.526. The van der Waals surface area contributed by atoms with Crippen molar-refractivity contribution < 1.29 is 14.3 Å². The maximum atomic E-state index is 11.9. The molecule has 7 heteroatoms. The van der Waals surface area contributed by atoms with E-state index in [1.165, 1.54) is 25.3 Å². The fourth-order valence-corrected chi connectivity index (χ4v) is 2.68. The number of anilines is 2.